The molecule has 3 N–H and O–H groups in total. The van der Waals surface area contributed by atoms with Gasteiger partial charge in [-0.3, -0.25) is 4.98 Å². The van der Waals surface area contributed by atoms with Crippen LogP contribution < -0.4 is 11.1 Å². The molecule has 0 bridgehead atoms. The van der Waals surface area contributed by atoms with Gasteiger partial charge in [-0.1, -0.05) is 6.07 Å². The van der Waals surface area contributed by atoms with Crippen LogP contribution in [0.2, 0.25) is 0 Å². The quantitative estimate of drug-likeness (QED) is 0.699. The van der Waals surface area contributed by atoms with Crippen molar-refractivity contribution in [3.8, 4) is 0 Å². The average molecular weight is 177 g/mol. The van der Waals surface area contributed by atoms with E-state index < -0.39 is 0 Å². The van der Waals surface area contributed by atoms with Gasteiger partial charge in [-0.15, -0.1) is 0 Å². The van der Waals surface area contributed by atoms with Gasteiger partial charge < -0.3 is 11.1 Å². The van der Waals surface area contributed by atoms with E-state index >= 15 is 0 Å². The number of hydrogen-bond donors (Lipinski definition) is 2. The van der Waals surface area contributed by atoms with Crippen molar-refractivity contribution >= 4 is 0 Å². The molecule has 0 saturated carbocycles. The number of hydrogen-bond acceptors (Lipinski definition) is 3. The van der Waals surface area contributed by atoms with Gasteiger partial charge in [0.2, 0.25) is 0 Å². The Morgan fingerprint density at radius 3 is 3.23 bits per heavy atom. The number of nitrogens with two attached hydrogens (primary N) is 1. The predicted molar refractivity (Wildman–Crippen MR) is 52.1 cm³/mol. The number of nitrogens with one attached hydrogen (secondary N) is 1. The first-order valence-corrected chi connectivity index (χ1v) is 4.75. The fourth-order valence-corrected chi connectivity index (χ4v) is 1.96. The van der Waals surface area contributed by atoms with Crippen LogP contribution in [0.5, 0.6) is 0 Å². The van der Waals surface area contributed by atoms with Crippen LogP contribution in [0.4, 0.5) is 0 Å². The molecule has 0 spiro atoms. The smallest absolute Gasteiger partial charge is 0.0376 e. The molecule has 2 atom stereocenters. The zero-order chi connectivity index (χ0) is 9.10. The highest BCUT2D eigenvalue weighted by atomic mass is 15.0. The summed E-state index contributed by atoms with van der Waals surface area (Å²) in [5.74, 6) is 0.573. The molecule has 0 amide bonds. The van der Waals surface area contributed by atoms with Crippen molar-refractivity contribution in [2.45, 2.75) is 12.5 Å². The summed E-state index contributed by atoms with van der Waals surface area (Å²) in [4.78, 5) is 4.12. The van der Waals surface area contributed by atoms with Crippen LogP contribution in [0.1, 0.15) is 18.0 Å². The van der Waals surface area contributed by atoms with Crippen molar-refractivity contribution in [2.75, 3.05) is 13.1 Å². The van der Waals surface area contributed by atoms with Crippen molar-refractivity contribution < 1.29 is 0 Å². The van der Waals surface area contributed by atoms with E-state index in [4.69, 9.17) is 5.73 Å². The molecule has 1 fully saturated rings. The highest BCUT2D eigenvalue weighted by Crippen LogP contribution is 2.27. The summed E-state index contributed by atoms with van der Waals surface area (Å²) in [5, 5.41) is 3.45. The standard InChI is InChI=1S/C10H15N3/c11-6-8-3-5-13-10(8)9-2-1-4-12-7-9/h1-2,4,7-8,10,13H,3,5-6,11H2. The van der Waals surface area contributed by atoms with Crippen LogP contribution >= 0.6 is 0 Å². The van der Waals surface area contributed by atoms with Crippen LogP contribution in [-0.2, 0) is 0 Å². The molecule has 0 radical (unpaired) electrons. The van der Waals surface area contributed by atoms with E-state index in [0.29, 0.717) is 12.0 Å². The van der Waals surface area contributed by atoms with Gasteiger partial charge in [-0.25, -0.2) is 0 Å². The Kier molecular flexibility index (Phi) is 2.57. The molecule has 1 aliphatic heterocycles. The molecule has 2 heterocycles. The third kappa shape index (κ3) is 1.71. The van der Waals surface area contributed by atoms with Crippen LogP contribution in [-0.4, -0.2) is 18.1 Å². The van der Waals surface area contributed by atoms with Crippen molar-refractivity contribution in [3.63, 3.8) is 0 Å². The summed E-state index contributed by atoms with van der Waals surface area (Å²) in [6.45, 7) is 1.83. The van der Waals surface area contributed by atoms with Crippen LogP contribution in [0.3, 0.4) is 0 Å². The molecule has 3 heteroatoms. The molecular weight excluding hydrogens is 162 g/mol. The third-order valence-corrected chi connectivity index (χ3v) is 2.70. The van der Waals surface area contributed by atoms with Crippen LogP contribution in [0.15, 0.2) is 24.5 Å². The van der Waals surface area contributed by atoms with E-state index in [-0.39, 0.29) is 0 Å². The molecule has 1 aromatic heterocycles. The minimum Gasteiger partial charge on any atom is -0.330 e. The van der Waals surface area contributed by atoms with E-state index in [2.05, 4.69) is 16.4 Å². The predicted octanol–water partition coefficient (Wildman–Crippen LogP) is 0.691. The maximum absolute atomic E-state index is 5.70. The zero-order valence-electron chi connectivity index (χ0n) is 7.61. The lowest BCUT2D eigenvalue weighted by Gasteiger charge is -2.17. The molecule has 0 aliphatic carbocycles. The summed E-state index contributed by atoms with van der Waals surface area (Å²) < 4.78 is 0. The Hall–Kier alpha value is -0.930. The molecule has 0 aromatic carbocycles. The first-order valence-electron chi connectivity index (χ1n) is 4.75. The van der Waals surface area contributed by atoms with Gasteiger partial charge in [0, 0.05) is 18.4 Å². The molecule has 1 aromatic rings. The van der Waals surface area contributed by atoms with Gasteiger partial charge in [-0.2, -0.15) is 0 Å². The van der Waals surface area contributed by atoms with Gasteiger partial charge in [0.1, 0.15) is 0 Å². The van der Waals surface area contributed by atoms with Gasteiger partial charge in [0.25, 0.3) is 0 Å². The second-order valence-corrected chi connectivity index (χ2v) is 3.50. The zero-order valence-corrected chi connectivity index (χ0v) is 7.61. The summed E-state index contributed by atoms with van der Waals surface area (Å²) in [6, 6.07) is 4.50. The molecule has 1 saturated heterocycles. The minimum atomic E-state index is 0.415. The lowest BCUT2D eigenvalue weighted by Crippen LogP contribution is -2.23. The monoisotopic (exact) mass is 177 g/mol. The third-order valence-electron chi connectivity index (χ3n) is 2.70. The summed E-state index contributed by atoms with van der Waals surface area (Å²) in [5.41, 5.74) is 6.96. The molecule has 2 rings (SSSR count). The number of aromatic nitrogens is 1. The lowest BCUT2D eigenvalue weighted by molar-refractivity contribution is 0.472. The topological polar surface area (TPSA) is 50.9 Å². The molecule has 13 heavy (non-hydrogen) atoms. The molecular formula is C10H15N3. The fourth-order valence-electron chi connectivity index (χ4n) is 1.96. The summed E-state index contributed by atoms with van der Waals surface area (Å²) in [7, 11) is 0. The Morgan fingerprint density at radius 2 is 2.54 bits per heavy atom. The summed E-state index contributed by atoms with van der Waals surface area (Å²) in [6.07, 6.45) is 4.90. The highest BCUT2D eigenvalue weighted by Gasteiger charge is 2.26. The Balaban J connectivity index is 2.16. The van der Waals surface area contributed by atoms with E-state index in [9.17, 15) is 0 Å². The van der Waals surface area contributed by atoms with E-state index in [1.54, 1.807) is 6.20 Å². The minimum absolute atomic E-state index is 0.415. The summed E-state index contributed by atoms with van der Waals surface area (Å²) >= 11 is 0. The van der Waals surface area contributed by atoms with Crippen molar-refractivity contribution in [3.05, 3.63) is 30.1 Å². The number of nitrogens with zero attached hydrogens (tertiary/aromatic N) is 1. The molecule has 1 aliphatic rings. The van der Waals surface area contributed by atoms with Gasteiger partial charge in [0.05, 0.1) is 0 Å². The molecule has 3 nitrogen and oxygen atoms in total. The van der Waals surface area contributed by atoms with Crippen molar-refractivity contribution in [1.82, 2.24) is 10.3 Å². The van der Waals surface area contributed by atoms with E-state index in [0.717, 1.165) is 13.1 Å². The van der Waals surface area contributed by atoms with Gasteiger partial charge in [0.15, 0.2) is 0 Å². The van der Waals surface area contributed by atoms with E-state index in [1.807, 2.05) is 12.3 Å². The highest BCUT2D eigenvalue weighted by molar-refractivity contribution is 5.16. The Morgan fingerprint density at radius 1 is 1.62 bits per heavy atom. The SMILES string of the molecule is NCC1CCNC1c1cccnc1. The largest absolute Gasteiger partial charge is 0.330 e. The first kappa shape index (κ1) is 8.66. The van der Waals surface area contributed by atoms with Crippen LogP contribution in [0, 0.1) is 5.92 Å². The fraction of sp³-hybridized carbons (Fsp3) is 0.500. The van der Waals surface area contributed by atoms with Gasteiger partial charge >= 0.3 is 0 Å². The molecule has 70 valence electrons. The second-order valence-electron chi connectivity index (χ2n) is 3.50. The normalized spacial score (nSPS) is 27.8. The first-order chi connectivity index (χ1) is 6.42. The van der Waals surface area contributed by atoms with E-state index in [1.165, 1.54) is 12.0 Å². The van der Waals surface area contributed by atoms with Crippen LogP contribution in [0.25, 0.3) is 0 Å². The second kappa shape index (κ2) is 3.85. The lowest BCUT2D eigenvalue weighted by atomic mass is 9.96. The molecule has 2 unspecified atom stereocenters. The van der Waals surface area contributed by atoms with Crippen molar-refractivity contribution in [2.24, 2.45) is 11.7 Å². The number of pyridine rings is 1. The number of rotatable bonds is 2. The van der Waals surface area contributed by atoms with Crippen molar-refractivity contribution in [1.29, 1.82) is 0 Å². The Bertz CT molecular complexity index is 260. The maximum atomic E-state index is 5.70. The average Bonchev–Trinajstić information content (AvgIpc) is 2.67. The van der Waals surface area contributed by atoms with Gasteiger partial charge in [-0.05, 0) is 37.1 Å². The maximum Gasteiger partial charge on any atom is 0.0376 e. The Labute approximate surface area is 78.4 Å².